The van der Waals surface area contributed by atoms with Crippen LogP contribution in [0.2, 0.25) is 0 Å². The van der Waals surface area contributed by atoms with Crippen molar-refractivity contribution in [1.82, 2.24) is 9.88 Å². The molecule has 0 spiro atoms. The highest BCUT2D eigenvalue weighted by atomic mass is 16.6. The van der Waals surface area contributed by atoms with Crippen LogP contribution < -0.4 is 4.90 Å². The number of anilines is 1. The van der Waals surface area contributed by atoms with E-state index in [4.69, 9.17) is 0 Å². The normalized spacial score (nSPS) is 16.6. The SMILES string of the molecule is CN1CCN(c2ccnc3c([N+](=O)[O-])cccc23)CC1. The van der Waals surface area contributed by atoms with Crippen molar-refractivity contribution in [2.45, 2.75) is 0 Å². The van der Waals surface area contributed by atoms with Gasteiger partial charge >= 0.3 is 0 Å². The number of para-hydroxylation sites is 1. The van der Waals surface area contributed by atoms with Crippen molar-refractivity contribution < 1.29 is 4.92 Å². The van der Waals surface area contributed by atoms with Crippen LogP contribution in [-0.2, 0) is 0 Å². The van der Waals surface area contributed by atoms with Crippen LogP contribution >= 0.6 is 0 Å². The molecule has 1 aromatic heterocycles. The van der Waals surface area contributed by atoms with Crippen molar-refractivity contribution in [3.63, 3.8) is 0 Å². The number of benzene rings is 1. The Kier molecular flexibility index (Phi) is 3.23. The van der Waals surface area contributed by atoms with Gasteiger partial charge in [0.1, 0.15) is 5.52 Å². The van der Waals surface area contributed by atoms with Crippen molar-refractivity contribution in [1.29, 1.82) is 0 Å². The molecule has 2 aromatic rings. The van der Waals surface area contributed by atoms with Crippen LogP contribution in [0.1, 0.15) is 0 Å². The quantitative estimate of drug-likeness (QED) is 0.617. The summed E-state index contributed by atoms with van der Waals surface area (Å²) in [7, 11) is 2.10. The first-order valence-corrected chi connectivity index (χ1v) is 6.62. The van der Waals surface area contributed by atoms with Gasteiger partial charge in [-0.25, -0.2) is 4.98 Å². The molecule has 6 nitrogen and oxygen atoms in total. The minimum atomic E-state index is -0.372. The highest BCUT2D eigenvalue weighted by Gasteiger charge is 2.19. The van der Waals surface area contributed by atoms with Crippen LogP contribution in [0.15, 0.2) is 30.5 Å². The van der Waals surface area contributed by atoms with E-state index in [9.17, 15) is 10.1 Å². The van der Waals surface area contributed by atoms with E-state index in [1.807, 2.05) is 12.1 Å². The maximum absolute atomic E-state index is 11.1. The summed E-state index contributed by atoms with van der Waals surface area (Å²) in [5.74, 6) is 0. The summed E-state index contributed by atoms with van der Waals surface area (Å²) in [6, 6.07) is 7.07. The minimum Gasteiger partial charge on any atom is -0.368 e. The number of rotatable bonds is 2. The molecule has 0 atom stereocenters. The van der Waals surface area contributed by atoms with Gasteiger partial charge in [0, 0.05) is 49.5 Å². The van der Waals surface area contributed by atoms with Gasteiger partial charge < -0.3 is 9.80 Å². The Labute approximate surface area is 116 Å². The largest absolute Gasteiger partial charge is 0.368 e. The predicted molar refractivity (Wildman–Crippen MR) is 78.1 cm³/mol. The summed E-state index contributed by atoms with van der Waals surface area (Å²) in [5.41, 5.74) is 1.57. The van der Waals surface area contributed by atoms with Crippen molar-refractivity contribution in [3.05, 3.63) is 40.6 Å². The number of nitro benzene ring substituents is 1. The molecule has 1 fully saturated rings. The molecular formula is C14H16N4O2. The molecule has 0 N–H and O–H groups in total. The third kappa shape index (κ3) is 2.18. The van der Waals surface area contributed by atoms with Crippen LogP contribution in [0.3, 0.4) is 0 Å². The molecule has 0 bridgehead atoms. The van der Waals surface area contributed by atoms with Gasteiger partial charge in [0.25, 0.3) is 5.69 Å². The zero-order chi connectivity index (χ0) is 14.1. The lowest BCUT2D eigenvalue weighted by molar-refractivity contribution is -0.383. The average Bonchev–Trinajstić information content (AvgIpc) is 2.47. The predicted octanol–water partition coefficient (Wildman–Crippen LogP) is 1.89. The molecule has 0 saturated carbocycles. The van der Waals surface area contributed by atoms with E-state index in [0.29, 0.717) is 5.52 Å². The van der Waals surface area contributed by atoms with Crippen molar-refractivity contribution in [3.8, 4) is 0 Å². The van der Waals surface area contributed by atoms with Gasteiger partial charge in [-0.15, -0.1) is 0 Å². The van der Waals surface area contributed by atoms with E-state index in [1.165, 1.54) is 6.07 Å². The molecule has 20 heavy (non-hydrogen) atoms. The maximum atomic E-state index is 11.1. The van der Waals surface area contributed by atoms with Gasteiger partial charge in [-0.05, 0) is 13.1 Å². The van der Waals surface area contributed by atoms with E-state index in [-0.39, 0.29) is 10.6 Å². The Hall–Kier alpha value is -2.21. The first-order chi connectivity index (χ1) is 9.66. The van der Waals surface area contributed by atoms with Gasteiger partial charge in [-0.2, -0.15) is 0 Å². The lowest BCUT2D eigenvalue weighted by atomic mass is 10.1. The zero-order valence-electron chi connectivity index (χ0n) is 11.3. The minimum absolute atomic E-state index is 0.0680. The van der Waals surface area contributed by atoms with E-state index in [1.54, 1.807) is 12.3 Å². The Morgan fingerprint density at radius 2 is 1.95 bits per heavy atom. The van der Waals surface area contributed by atoms with E-state index in [2.05, 4.69) is 21.8 Å². The first-order valence-electron chi connectivity index (χ1n) is 6.62. The standard InChI is InChI=1S/C14H16N4O2/c1-16-7-9-17(10-8-16)12-5-6-15-14-11(12)3-2-4-13(14)18(19)20/h2-6H,7-10H2,1H3. The second-order valence-corrected chi connectivity index (χ2v) is 5.05. The third-order valence-corrected chi connectivity index (χ3v) is 3.77. The molecule has 1 aliphatic rings. The Balaban J connectivity index is 2.08. The van der Waals surface area contributed by atoms with Crippen LogP contribution in [0, 0.1) is 10.1 Å². The second kappa shape index (κ2) is 5.05. The van der Waals surface area contributed by atoms with E-state index >= 15 is 0 Å². The van der Waals surface area contributed by atoms with Crippen LogP contribution in [-0.4, -0.2) is 48.0 Å². The molecule has 104 valence electrons. The number of piperazine rings is 1. The van der Waals surface area contributed by atoms with Crippen molar-refractivity contribution in [2.24, 2.45) is 0 Å². The van der Waals surface area contributed by atoms with E-state index < -0.39 is 0 Å². The van der Waals surface area contributed by atoms with E-state index in [0.717, 1.165) is 37.3 Å². The maximum Gasteiger partial charge on any atom is 0.295 e. The summed E-state index contributed by atoms with van der Waals surface area (Å²) in [6.45, 7) is 3.86. The molecule has 1 aliphatic heterocycles. The molecule has 0 unspecified atom stereocenters. The Bertz CT molecular complexity index is 651. The van der Waals surface area contributed by atoms with Gasteiger partial charge in [0.05, 0.1) is 4.92 Å². The first kappa shape index (κ1) is 12.8. The molecule has 1 aromatic carbocycles. The van der Waals surface area contributed by atoms with Gasteiger partial charge in [-0.1, -0.05) is 12.1 Å². The summed E-state index contributed by atoms with van der Waals surface area (Å²) in [4.78, 5) is 19.5. The fourth-order valence-electron chi connectivity index (χ4n) is 2.62. The van der Waals surface area contributed by atoms with Gasteiger partial charge in [-0.3, -0.25) is 10.1 Å². The van der Waals surface area contributed by atoms with Crippen LogP contribution in [0.5, 0.6) is 0 Å². The smallest absolute Gasteiger partial charge is 0.295 e. The number of aromatic nitrogens is 1. The number of nitrogens with zero attached hydrogens (tertiary/aromatic N) is 4. The van der Waals surface area contributed by atoms with Crippen molar-refractivity contribution >= 4 is 22.3 Å². The number of pyridine rings is 1. The van der Waals surface area contributed by atoms with Gasteiger partial charge in [0.15, 0.2) is 0 Å². The molecule has 0 radical (unpaired) electrons. The second-order valence-electron chi connectivity index (χ2n) is 5.05. The number of nitro groups is 1. The topological polar surface area (TPSA) is 62.5 Å². The van der Waals surface area contributed by atoms with Crippen LogP contribution in [0.25, 0.3) is 10.9 Å². The number of hydrogen-bond donors (Lipinski definition) is 0. The lowest BCUT2D eigenvalue weighted by Gasteiger charge is -2.34. The Morgan fingerprint density at radius 1 is 1.20 bits per heavy atom. The van der Waals surface area contributed by atoms with Crippen LogP contribution in [0.4, 0.5) is 11.4 Å². The number of non-ortho nitro benzene ring substituents is 1. The Morgan fingerprint density at radius 3 is 2.65 bits per heavy atom. The monoisotopic (exact) mass is 272 g/mol. The number of fused-ring (bicyclic) bond motifs is 1. The fourth-order valence-corrected chi connectivity index (χ4v) is 2.62. The fraction of sp³-hybridized carbons (Fsp3) is 0.357. The highest BCUT2D eigenvalue weighted by molar-refractivity contribution is 5.96. The molecule has 0 aliphatic carbocycles. The summed E-state index contributed by atoms with van der Waals surface area (Å²) in [5, 5.41) is 11.9. The summed E-state index contributed by atoms with van der Waals surface area (Å²) >= 11 is 0. The molecule has 3 rings (SSSR count). The molecule has 0 amide bonds. The number of hydrogen-bond acceptors (Lipinski definition) is 5. The molecule has 2 heterocycles. The third-order valence-electron chi connectivity index (χ3n) is 3.77. The summed E-state index contributed by atoms with van der Waals surface area (Å²) < 4.78 is 0. The number of likely N-dealkylation sites (N-methyl/N-ethyl adjacent to an activating group) is 1. The molecular weight excluding hydrogens is 256 g/mol. The zero-order valence-corrected chi connectivity index (χ0v) is 11.3. The van der Waals surface area contributed by atoms with Crippen molar-refractivity contribution in [2.75, 3.05) is 38.1 Å². The lowest BCUT2D eigenvalue weighted by Crippen LogP contribution is -2.44. The highest BCUT2D eigenvalue weighted by Crippen LogP contribution is 2.31. The average molecular weight is 272 g/mol. The summed E-state index contributed by atoms with van der Waals surface area (Å²) in [6.07, 6.45) is 1.66. The van der Waals surface area contributed by atoms with Gasteiger partial charge in [0.2, 0.25) is 0 Å². The molecule has 1 saturated heterocycles. The molecule has 6 heteroatoms.